The van der Waals surface area contributed by atoms with Gasteiger partial charge in [-0.2, -0.15) is 0 Å². The summed E-state index contributed by atoms with van der Waals surface area (Å²) in [6.45, 7) is 11.7. The number of rotatable bonds is 6. The highest BCUT2D eigenvalue weighted by Gasteiger charge is 2.10. The number of hydrogen-bond donors (Lipinski definition) is 1. The summed E-state index contributed by atoms with van der Waals surface area (Å²) < 4.78 is 0. The van der Waals surface area contributed by atoms with E-state index in [9.17, 15) is 0 Å². The number of aromatic nitrogens is 2. The zero-order valence-electron chi connectivity index (χ0n) is 11.7. The van der Waals surface area contributed by atoms with Crippen molar-refractivity contribution in [2.45, 2.75) is 59.4 Å². The summed E-state index contributed by atoms with van der Waals surface area (Å²) in [4.78, 5) is 9.13. The maximum atomic E-state index is 4.65. The molecule has 1 unspecified atom stereocenters. The highest BCUT2D eigenvalue weighted by molar-refractivity contribution is 5.12. The first-order chi connectivity index (χ1) is 8.06. The molecule has 0 amide bonds. The topological polar surface area (TPSA) is 37.8 Å². The van der Waals surface area contributed by atoms with Gasteiger partial charge in [-0.15, -0.1) is 0 Å². The smallest absolute Gasteiger partial charge is 0.131 e. The van der Waals surface area contributed by atoms with Crippen molar-refractivity contribution in [1.29, 1.82) is 0 Å². The molecule has 0 fully saturated rings. The minimum absolute atomic E-state index is 0.396. The Morgan fingerprint density at radius 2 is 1.94 bits per heavy atom. The molecule has 0 bridgehead atoms. The van der Waals surface area contributed by atoms with Crippen molar-refractivity contribution in [3.8, 4) is 0 Å². The van der Waals surface area contributed by atoms with Crippen molar-refractivity contribution in [1.82, 2.24) is 15.3 Å². The van der Waals surface area contributed by atoms with Crippen LogP contribution in [0.5, 0.6) is 0 Å². The van der Waals surface area contributed by atoms with E-state index in [4.69, 9.17) is 0 Å². The van der Waals surface area contributed by atoms with Gasteiger partial charge in [-0.25, -0.2) is 9.97 Å². The van der Waals surface area contributed by atoms with Crippen LogP contribution in [0.3, 0.4) is 0 Å². The van der Waals surface area contributed by atoms with Crippen LogP contribution in [-0.4, -0.2) is 22.6 Å². The fourth-order valence-corrected chi connectivity index (χ4v) is 1.92. The summed E-state index contributed by atoms with van der Waals surface area (Å²) in [5, 5.41) is 3.49. The molecular formula is C14H25N3. The van der Waals surface area contributed by atoms with Crippen LogP contribution in [0.15, 0.2) is 6.07 Å². The van der Waals surface area contributed by atoms with Crippen molar-refractivity contribution in [2.24, 2.45) is 0 Å². The molecule has 1 heterocycles. The van der Waals surface area contributed by atoms with Gasteiger partial charge in [-0.05, 0) is 26.0 Å². The van der Waals surface area contributed by atoms with E-state index in [2.05, 4.69) is 49.0 Å². The van der Waals surface area contributed by atoms with Gasteiger partial charge >= 0.3 is 0 Å². The number of nitrogens with one attached hydrogen (secondary N) is 1. The van der Waals surface area contributed by atoms with E-state index < -0.39 is 0 Å². The van der Waals surface area contributed by atoms with E-state index in [1.54, 1.807) is 0 Å². The third-order valence-corrected chi connectivity index (χ3v) is 2.88. The molecule has 1 aromatic rings. The molecule has 0 saturated heterocycles. The Morgan fingerprint density at radius 3 is 2.47 bits per heavy atom. The van der Waals surface area contributed by atoms with Gasteiger partial charge in [-0.3, -0.25) is 0 Å². The summed E-state index contributed by atoms with van der Waals surface area (Å²) in [5.41, 5.74) is 2.24. The molecule has 1 N–H and O–H groups in total. The minimum Gasteiger partial charge on any atom is -0.314 e. The molecule has 0 aliphatic heterocycles. The standard InChI is InChI=1S/C14H25N3/c1-6-12(15-7-2)9-13-8-11(5)16-14(17-13)10(3)4/h8,10,12,15H,6-7,9H2,1-5H3. The SMILES string of the molecule is CCNC(CC)Cc1cc(C)nc(C(C)C)n1. The lowest BCUT2D eigenvalue weighted by Crippen LogP contribution is -2.30. The predicted molar refractivity (Wildman–Crippen MR) is 72.3 cm³/mol. The molecule has 3 nitrogen and oxygen atoms in total. The van der Waals surface area contributed by atoms with Crippen LogP contribution in [0, 0.1) is 6.92 Å². The van der Waals surface area contributed by atoms with Gasteiger partial charge in [-0.1, -0.05) is 27.7 Å². The molecule has 0 saturated carbocycles. The molecule has 3 heteroatoms. The molecule has 0 radical (unpaired) electrons. The fourth-order valence-electron chi connectivity index (χ4n) is 1.92. The second-order valence-electron chi connectivity index (χ2n) is 4.88. The molecule has 0 aromatic carbocycles. The lowest BCUT2D eigenvalue weighted by molar-refractivity contribution is 0.503. The lowest BCUT2D eigenvalue weighted by atomic mass is 10.1. The van der Waals surface area contributed by atoms with E-state index in [1.807, 2.05) is 6.92 Å². The van der Waals surface area contributed by atoms with Crippen molar-refractivity contribution < 1.29 is 0 Å². The first-order valence-electron chi connectivity index (χ1n) is 6.64. The molecule has 96 valence electrons. The van der Waals surface area contributed by atoms with Crippen LogP contribution in [-0.2, 0) is 6.42 Å². The first kappa shape index (κ1) is 14.1. The number of nitrogens with zero attached hydrogens (tertiary/aromatic N) is 2. The molecule has 0 aliphatic rings. The molecule has 1 atom stereocenters. The van der Waals surface area contributed by atoms with Crippen molar-refractivity contribution in [3.63, 3.8) is 0 Å². The second kappa shape index (κ2) is 6.70. The molecular weight excluding hydrogens is 210 g/mol. The van der Waals surface area contributed by atoms with Gasteiger partial charge < -0.3 is 5.32 Å². The Balaban J connectivity index is 2.82. The molecule has 0 spiro atoms. The van der Waals surface area contributed by atoms with Crippen LogP contribution in [0.1, 0.15) is 57.2 Å². The van der Waals surface area contributed by atoms with E-state index in [0.29, 0.717) is 12.0 Å². The van der Waals surface area contributed by atoms with Gasteiger partial charge in [0.25, 0.3) is 0 Å². The zero-order valence-corrected chi connectivity index (χ0v) is 11.7. The van der Waals surface area contributed by atoms with Gasteiger partial charge in [0, 0.05) is 29.8 Å². The maximum absolute atomic E-state index is 4.65. The predicted octanol–water partition coefficient (Wildman–Crippen LogP) is 2.84. The Labute approximate surface area is 105 Å². The third-order valence-electron chi connectivity index (χ3n) is 2.88. The highest BCUT2D eigenvalue weighted by atomic mass is 14.9. The summed E-state index contributed by atoms with van der Waals surface area (Å²) in [6, 6.07) is 2.63. The van der Waals surface area contributed by atoms with Crippen LogP contribution in [0.2, 0.25) is 0 Å². The minimum atomic E-state index is 0.396. The second-order valence-corrected chi connectivity index (χ2v) is 4.88. The van der Waals surface area contributed by atoms with Crippen LogP contribution in [0.4, 0.5) is 0 Å². The van der Waals surface area contributed by atoms with Crippen LogP contribution >= 0.6 is 0 Å². The number of likely N-dealkylation sites (N-methyl/N-ethyl adjacent to an activating group) is 1. The average molecular weight is 235 g/mol. The highest BCUT2D eigenvalue weighted by Crippen LogP contribution is 2.12. The quantitative estimate of drug-likeness (QED) is 0.824. The van der Waals surface area contributed by atoms with Crippen molar-refractivity contribution >= 4 is 0 Å². The van der Waals surface area contributed by atoms with E-state index >= 15 is 0 Å². The third kappa shape index (κ3) is 4.43. The van der Waals surface area contributed by atoms with Crippen molar-refractivity contribution in [3.05, 3.63) is 23.3 Å². The van der Waals surface area contributed by atoms with E-state index in [-0.39, 0.29) is 0 Å². The molecule has 17 heavy (non-hydrogen) atoms. The van der Waals surface area contributed by atoms with Crippen LogP contribution in [0.25, 0.3) is 0 Å². The van der Waals surface area contributed by atoms with Gasteiger partial charge in [0.05, 0.1) is 0 Å². The van der Waals surface area contributed by atoms with Gasteiger partial charge in [0.2, 0.25) is 0 Å². The fraction of sp³-hybridized carbons (Fsp3) is 0.714. The van der Waals surface area contributed by atoms with Gasteiger partial charge in [0.1, 0.15) is 5.82 Å². The summed E-state index contributed by atoms with van der Waals surface area (Å²) >= 11 is 0. The van der Waals surface area contributed by atoms with E-state index in [0.717, 1.165) is 36.6 Å². The number of hydrogen-bond acceptors (Lipinski definition) is 3. The molecule has 0 aliphatic carbocycles. The van der Waals surface area contributed by atoms with E-state index in [1.165, 1.54) is 0 Å². The number of aryl methyl sites for hydroxylation is 1. The van der Waals surface area contributed by atoms with Crippen molar-refractivity contribution in [2.75, 3.05) is 6.54 Å². The monoisotopic (exact) mass is 235 g/mol. The zero-order chi connectivity index (χ0) is 12.8. The van der Waals surface area contributed by atoms with Crippen LogP contribution < -0.4 is 5.32 Å². The normalized spacial score (nSPS) is 13.1. The summed E-state index contributed by atoms with van der Waals surface area (Å²) in [5.74, 6) is 1.36. The molecule has 1 aromatic heterocycles. The summed E-state index contributed by atoms with van der Waals surface area (Å²) in [7, 11) is 0. The Bertz CT molecular complexity index is 347. The average Bonchev–Trinajstić information content (AvgIpc) is 2.27. The first-order valence-corrected chi connectivity index (χ1v) is 6.64. The lowest BCUT2D eigenvalue weighted by Gasteiger charge is -2.16. The Kier molecular flexibility index (Phi) is 5.56. The summed E-state index contributed by atoms with van der Waals surface area (Å²) in [6.07, 6.45) is 2.13. The Morgan fingerprint density at radius 1 is 1.24 bits per heavy atom. The molecule has 1 rings (SSSR count). The maximum Gasteiger partial charge on any atom is 0.131 e. The Hall–Kier alpha value is -0.960. The largest absolute Gasteiger partial charge is 0.314 e. The van der Waals surface area contributed by atoms with Gasteiger partial charge in [0.15, 0.2) is 0 Å².